The van der Waals surface area contributed by atoms with Crippen molar-refractivity contribution in [2.45, 2.75) is 13.3 Å². The molecule has 5 nitrogen and oxygen atoms in total. The number of methoxy groups -OCH3 is 2. The van der Waals surface area contributed by atoms with E-state index >= 15 is 0 Å². The number of anilines is 1. The highest BCUT2D eigenvalue weighted by Crippen LogP contribution is 2.31. The first-order valence-corrected chi connectivity index (χ1v) is 6.31. The lowest BCUT2D eigenvalue weighted by Crippen LogP contribution is -2.27. The summed E-state index contributed by atoms with van der Waals surface area (Å²) in [6.07, 6.45) is 0.0711. The van der Waals surface area contributed by atoms with E-state index in [1.165, 1.54) is 0 Å². The molecule has 0 heterocycles. The maximum absolute atomic E-state index is 10.8. The molecule has 0 aliphatic carbocycles. The minimum absolute atomic E-state index is 0.0711. The minimum Gasteiger partial charge on any atom is -0.493 e. The van der Waals surface area contributed by atoms with Crippen LogP contribution in [0.5, 0.6) is 11.5 Å². The second-order valence-corrected chi connectivity index (χ2v) is 4.56. The quantitative estimate of drug-likeness (QED) is 0.741. The number of carboxylic acid groups (broad SMARTS) is 1. The van der Waals surface area contributed by atoms with E-state index in [0.29, 0.717) is 24.6 Å². The first-order valence-electron chi connectivity index (χ1n) is 6.31. The van der Waals surface area contributed by atoms with Gasteiger partial charge >= 0.3 is 5.97 Å². The summed E-state index contributed by atoms with van der Waals surface area (Å²) >= 11 is 0. The number of benzene rings is 1. The zero-order chi connectivity index (χ0) is 15.1. The second kappa shape index (κ2) is 7.43. The molecule has 0 fully saturated rings. The molecule has 5 heteroatoms. The van der Waals surface area contributed by atoms with Crippen molar-refractivity contribution in [2.24, 2.45) is 0 Å². The molecule has 0 aliphatic rings. The molecule has 1 aromatic rings. The molecular formula is C15H21NO4. The average Bonchev–Trinajstić information content (AvgIpc) is 2.42. The molecule has 0 radical (unpaired) electrons. The van der Waals surface area contributed by atoms with Crippen molar-refractivity contribution >= 4 is 11.7 Å². The van der Waals surface area contributed by atoms with Crippen LogP contribution in [0.25, 0.3) is 0 Å². The number of carboxylic acids is 1. The Morgan fingerprint density at radius 2 is 1.95 bits per heavy atom. The normalized spacial score (nSPS) is 9.95. The van der Waals surface area contributed by atoms with Crippen molar-refractivity contribution in [3.05, 3.63) is 30.4 Å². The van der Waals surface area contributed by atoms with Gasteiger partial charge < -0.3 is 19.5 Å². The molecule has 0 amide bonds. The number of rotatable bonds is 8. The summed E-state index contributed by atoms with van der Waals surface area (Å²) in [7, 11) is 3.15. The Balaban J connectivity index is 2.99. The van der Waals surface area contributed by atoms with Crippen LogP contribution in [0.1, 0.15) is 13.3 Å². The van der Waals surface area contributed by atoms with E-state index in [1.807, 2.05) is 24.0 Å². The van der Waals surface area contributed by atoms with E-state index in [0.717, 1.165) is 11.3 Å². The van der Waals surface area contributed by atoms with Crippen LogP contribution in [-0.2, 0) is 4.79 Å². The van der Waals surface area contributed by atoms with E-state index in [4.69, 9.17) is 14.6 Å². The Bertz CT molecular complexity index is 485. The smallest absolute Gasteiger partial charge is 0.305 e. The van der Waals surface area contributed by atoms with Crippen molar-refractivity contribution in [1.29, 1.82) is 0 Å². The summed E-state index contributed by atoms with van der Waals surface area (Å²) in [5.41, 5.74) is 1.84. The maximum Gasteiger partial charge on any atom is 0.305 e. The van der Waals surface area contributed by atoms with Gasteiger partial charge in [0, 0.05) is 24.8 Å². The molecule has 0 aliphatic heterocycles. The number of ether oxygens (including phenoxy) is 2. The average molecular weight is 279 g/mol. The molecule has 1 rings (SSSR count). The predicted molar refractivity (Wildman–Crippen MR) is 78.8 cm³/mol. The third-order valence-electron chi connectivity index (χ3n) is 2.79. The SMILES string of the molecule is C=C(C)CN(CCC(=O)O)c1ccc(OC)c(OC)c1. The van der Waals surface area contributed by atoms with Gasteiger partial charge in [0.25, 0.3) is 0 Å². The van der Waals surface area contributed by atoms with Gasteiger partial charge in [-0.2, -0.15) is 0 Å². The van der Waals surface area contributed by atoms with Crippen LogP contribution in [0, 0.1) is 0 Å². The van der Waals surface area contributed by atoms with Gasteiger partial charge in [0.2, 0.25) is 0 Å². The number of nitrogens with zero attached hydrogens (tertiary/aromatic N) is 1. The molecule has 20 heavy (non-hydrogen) atoms. The fraction of sp³-hybridized carbons (Fsp3) is 0.400. The number of hydrogen-bond acceptors (Lipinski definition) is 4. The van der Waals surface area contributed by atoms with E-state index < -0.39 is 5.97 Å². The highest BCUT2D eigenvalue weighted by Gasteiger charge is 2.12. The highest BCUT2D eigenvalue weighted by atomic mass is 16.5. The number of carbonyl (C=O) groups is 1. The maximum atomic E-state index is 10.8. The molecule has 0 saturated carbocycles. The van der Waals surface area contributed by atoms with Crippen LogP contribution in [-0.4, -0.2) is 38.4 Å². The summed E-state index contributed by atoms with van der Waals surface area (Å²) in [5.74, 6) is 0.439. The zero-order valence-electron chi connectivity index (χ0n) is 12.2. The largest absolute Gasteiger partial charge is 0.493 e. The predicted octanol–water partition coefficient (Wildman–Crippen LogP) is 2.56. The lowest BCUT2D eigenvalue weighted by Gasteiger charge is -2.25. The molecule has 1 aromatic carbocycles. The fourth-order valence-electron chi connectivity index (χ4n) is 1.88. The van der Waals surface area contributed by atoms with Crippen LogP contribution in [0.3, 0.4) is 0 Å². The lowest BCUT2D eigenvalue weighted by molar-refractivity contribution is -0.136. The van der Waals surface area contributed by atoms with Crippen LogP contribution >= 0.6 is 0 Å². The molecule has 1 N–H and O–H groups in total. The van der Waals surface area contributed by atoms with Gasteiger partial charge in [0.1, 0.15) is 0 Å². The number of hydrogen-bond donors (Lipinski definition) is 1. The first-order chi connectivity index (χ1) is 9.47. The van der Waals surface area contributed by atoms with Crippen molar-refractivity contribution in [3.63, 3.8) is 0 Å². The molecule has 110 valence electrons. The van der Waals surface area contributed by atoms with Crippen molar-refractivity contribution in [2.75, 3.05) is 32.2 Å². The molecular weight excluding hydrogens is 258 g/mol. The highest BCUT2D eigenvalue weighted by molar-refractivity contribution is 5.68. The van der Waals surface area contributed by atoms with Crippen molar-refractivity contribution in [1.82, 2.24) is 0 Å². The third kappa shape index (κ3) is 4.50. The second-order valence-electron chi connectivity index (χ2n) is 4.56. The van der Waals surface area contributed by atoms with Crippen LogP contribution in [0.15, 0.2) is 30.4 Å². The van der Waals surface area contributed by atoms with Gasteiger partial charge in [0.05, 0.1) is 20.6 Å². The van der Waals surface area contributed by atoms with Crippen LogP contribution in [0.4, 0.5) is 5.69 Å². The lowest BCUT2D eigenvalue weighted by atomic mass is 10.2. The molecule has 0 bridgehead atoms. The Hall–Kier alpha value is -2.17. The summed E-state index contributed by atoms with van der Waals surface area (Å²) in [4.78, 5) is 12.7. The summed E-state index contributed by atoms with van der Waals surface area (Å²) < 4.78 is 10.5. The number of aliphatic carboxylic acids is 1. The first kappa shape index (κ1) is 15.9. The van der Waals surface area contributed by atoms with Crippen molar-refractivity contribution in [3.8, 4) is 11.5 Å². The third-order valence-corrected chi connectivity index (χ3v) is 2.79. The van der Waals surface area contributed by atoms with E-state index in [-0.39, 0.29) is 6.42 Å². The summed E-state index contributed by atoms with van der Waals surface area (Å²) in [6.45, 7) is 6.80. The van der Waals surface area contributed by atoms with Crippen molar-refractivity contribution < 1.29 is 19.4 Å². The molecule has 0 unspecified atom stereocenters. The topological polar surface area (TPSA) is 59.0 Å². The Morgan fingerprint density at radius 3 is 2.45 bits per heavy atom. The van der Waals surface area contributed by atoms with Gasteiger partial charge in [-0.05, 0) is 19.1 Å². The zero-order valence-corrected chi connectivity index (χ0v) is 12.2. The Labute approximate surface area is 119 Å². The molecule has 0 atom stereocenters. The molecule has 0 aromatic heterocycles. The van der Waals surface area contributed by atoms with E-state index in [2.05, 4.69) is 6.58 Å². The van der Waals surface area contributed by atoms with Crippen LogP contribution in [0.2, 0.25) is 0 Å². The Kier molecular flexibility index (Phi) is 5.90. The standard InChI is InChI=1S/C15H21NO4/c1-11(2)10-16(8-7-15(17)18)12-5-6-13(19-3)14(9-12)20-4/h5-6,9H,1,7-8,10H2,2-4H3,(H,17,18). The summed E-state index contributed by atoms with van der Waals surface area (Å²) in [6, 6.07) is 5.52. The van der Waals surface area contributed by atoms with Crippen LogP contribution < -0.4 is 14.4 Å². The van der Waals surface area contributed by atoms with E-state index in [1.54, 1.807) is 20.3 Å². The fourth-order valence-corrected chi connectivity index (χ4v) is 1.88. The van der Waals surface area contributed by atoms with Gasteiger partial charge in [-0.3, -0.25) is 4.79 Å². The molecule has 0 saturated heterocycles. The Morgan fingerprint density at radius 1 is 1.30 bits per heavy atom. The van der Waals surface area contributed by atoms with Gasteiger partial charge in [-0.1, -0.05) is 12.2 Å². The minimum atomic E-state index is -0.822. The van der Waals surface area contributed by atoms with Gasteiger partial charge in [-0.15, -0.1) is 0 Å². The monoisotopic (exact) mass is 279 g/mol. The van der Waals surface area contributed by atoms with Gasteiger partial charge in [-0.25, -0.2) is 0 Å². The van der Waals surface area contributed by atoms with E-state index in [9.17, 15) is 4.79 Å². The molecule has 0 spiro atoms. The van der Waals surface area contributed by atoms with Gasteiger partial charge in [0.15, 0.2) is 11.5 Å². The summed E-state index contributed by atoms with van der Waals surface area (Å²) in [5, 5.41) is 8.83.